The molecule has 132 valence electrons. The Hall–Kier alpha value is -3.41. The first-order chi connectivity index (χ1) is 12.6. The maximum atomic E-state index is 11.2. The summed E-state index contributed by atoms with van der Waals surface area (Å²) >= 11 is 0. The zero-order chi connectivity index (χ0) is 18.5. The number of benzene rings is 2. The average Bonchev–Trinajstić information content (AvgIpc) is 3.15. The molecule has 0 saturated heterocycles. The number of nitrogen functional groups attached to an aromatic ring is 1. The monoisotopic (exact) mass is 349 g/mol. The summed E-state index contributed by atoms with van der Waals surface area (Å²) in [4.78, 5) is 15.4. The lowest BCUT2D eigenvalue weighted by molar-refractivity contribution is -0.140. The molecule has 0 aliphatic rings. The Morgan fingerprint density at radius 3 is 2.23 bits per heavy atom. The van der Waals surface area contributed by atoms with E-state index >= 15 is 0 Å². The number of aromatic nitrogens is 1. The minimum Gasteiger partial charge on any atom is -0.469 e. The van der Waals surface area contributed by atoms with E-state index in [4.69, 9.17) is 15.6 Å². The van der Waals surface area contributed by atoms with Crippen LogP contribution in [0.25, 0.3) is 22.5 Å². The summed E-state index contributed by atoms with van der Waals surface area (Å²) in [6.07, 6.45) is 2.31. The number of nitrogens with two attached hydrogens (primary N) is 1. The van der Waals surface area contributed by atoms with Gasteiger partial charge in [0.25, 0.3) is 0 Å². The van der Waals surface area contributed by atoms with Gasteiger partial charge in [0.15, 0.2) is 11.7 Å². The van der Waals surface area contributed by atoms with E-state index in [1.54, 1.807) is 6.20 Å². The fourth-order valence-electron chi connectivity index (χ4n) is 2.54. The molecule has 0 saturated carbocycles. The van der Waals surface area contributed by atoms with Crippen molar-refractivity contribution in [2.75, 3.05) is 7.11 Å². The molecule has 0 unspecified atom stereocenters. The van der Waals surface area contributed by atoms with E-state index in [0.717, 1.165) is 16.7 Å². The number of amidine groups is 1. The summed E-state index contributed by atoms with van der Waals surface area (Å²) in [5, 5.41) is 7.44. The van der Waals surface area contributed by atoms with Crippen molar-refractivity contribution in [3.63, 3.8) is 0 Å². The third-order valence-electron chi connectivity index (χ3n) is 4.02. The smallest absolute Gasteiger partial charge is 0.306 e. The van der Waals surface area contributed by atoms with Crippen molar-refractivity contribution < 1.29 is 13.9 Å². The van der Waals surface area contributed by atoms with E-state index in [1.165, 1.54) is 7.11 Å². The van der Waals surface area contributed by atoms with Gasteiger partial charge in [0, 0.05) is 17.5 Å². The number of rotatable bonds is 6. The Morgan fingerprint density at radius 1 is 1.08 bits per heavy atom. The van der Waals surface area contributed by atoms with Crippen LogP contribution >= 0.6 is 0 Å². The van der Waals surface area contributed by atoms with Crippen LogP contribution in [0.3, 0.4) is 0 Å². The summed E-state index contributed by atoms with van der Waals surface area (Å²) in [6.45, 7) is 0. The Labute approximate surface area is 151 Å². The minimum absolute atomic E-state index is 0.0558. The Balaban J connectivity index is 1.72. The number of hydrogen-bond acceptors (Lipinski definition) is 5. The summed E-state index contributed by atoms with van der Waals surface area (Å²) in [6, 6.07) is 15.4. The number of carbonyl (C=O) groups excluding carboxylic acids is 1. The van der Waals surface area contributed by atoms with Gasteiger partial charge in [0.1, 0.15) is 5.84 Å². The normalized spacial score (nSPS) is 10.5. The highest BCUT2D eigenvalue weighted by atomic mass is 16.5. The van der Waals surface area contributed by atoms with Gasteiger partial charge >= 0.3 is 5.97 Å². The van der Waals surface area contributed by atoms with Crippen LogP contribution < -0.4 is 5.73 Å². The molecule has 6 nitrogen and oxygen atoms in total. The quantitative estimate of drug-likeness (QED) is 0.403. The van der Waals surface area contributed by atoms with Crippen molar-refractivity contribution in [2.24, 2.45) is 5.73 Å². The highest BCUT2D eigenvalue weighted by molar-refractivity contribution is 5.95. The van der Waals surface area contributed by atoms with Gasteiger partial charge in [0.2, 0.25) is 0 Å². The molecule has 0 radical (unpaired) electrons. The molecule has 0 aliphatic heterocycles. The van der Waals surface area contributed by atoms with Gasteiger partial charge < -0.3 is 14.9 Å². The van der Waals surface area contributed by atoms with Gasteiger partial charge in [-0.2, -0.15) is 0 Å². The predicted octanol–water partition coefficient (Wildman–Crippen LogP) is 3.40. The van der Waals surface area contributed by atoms with Crippen LogP contribution in [0.2, 0.25) is 0 Å². The maximum absolute atomic E-state index is 11.2. The summed E-state index contributed by atoms with van der Waals surface area (Å²) < 4.78 is 10.3. The van der Waals surface area contributed by atoms with Crippen molar-refractivity contribution in [2.45, 2.75) is 12.8 Å². The van der Waals surface area contributed by atoms with E-state index in [1.807, 2.05) is 48.5 Å². The first-order valence-corrected chi connectivity index (χ1v) is 8.13. The second kappa shape index (κ2) is 7.65. The molecular formula is C20H19N3O3. The van der Waals surface area contributed by atoms with Crippen LogP contribution in [0.4, 0.5) is 0 Å². The molecule has 0 amide bonds. The fourth-order valence-corrected chi connectivity index (χ4v) is 2.54. The summed E-state index contributed by atoms with van der Waals surface area (Å²) in [5.41, 5.74) is 9.17. The molecule has 0 bridgehead atoms. The molecule has 3 N–H and O–H groups in total. The minimum atomic E-state index is -0.287. The number of esters is 1. The molecule has 0 spiro atoms. The van der Waals surface area contributed by atoms with E-state index < -0.39 is 0 Å². The number of ether oxygens (including phenoxy) is 1. The number of carbonyl (C=O) groups is 1. The number of oxazole rings is 1. The largest absolute Gasteiger partial charge is 0.469 e. The molecule has 0 aliphatic carbocycles. The lowest BCUT2D eigenvalue weighted by atomic mass is 10.0. The van der Waals surface area contributed by atoms with Crippen molar-refractivity contribution in [3.8, 4) is 22.5 Å². The van der Waals surface area contributed by atoms with Gasteiger partial charge in [-0.05, 0) is 11.1 Å². The molecule has 0 fully saturated rings. The number of aryl methyl sites for hydroxylation is 1. The highest BCUT2D eigenvalue weighted by Crippen LogP contribution is 2.26. The second-order valence-electron chi connectivity index (χ2n) is 5.76. The lowest BCUT2D eigenvalue weighted by Crippen LogP contribution is -2.10. The van der Waals surface area contributed by atoms with Gasteiger partial charge in [-0.25, -0.2) is 4.98 Å². The van der Waals surface area contributed by atoms with Gasteiger partial charge in [-0.15, -0.1) is 0 Å². The summed E-state index contributed by atoms with van der Waals surface area (Å²) in [7, 11) is 1.36. The van der Waals surface area contributed by atoms with E-state index in [-0.39, 0.29) is 18.2 Å². The molecule has 1 aromatic heterocycles. The van der Waals surface area contributed by atoms with Crippen LogP contribution in [0.1, 0.15) is 17.9 Å². The first-order valence-electron chi connectivity index (χ1n) is 8.13. The van der Waals surface area contributed by atoms with Crippen LogP contribution in [0.5, 0.6) is 0 Å². The molecular weight excluding hydrogens is 330 g/mol. The standard InChI is InChI=1S/C20H19N3O3/c1-25-19(24)11-10-18-23-12-17(26-18)15-6-2-13(3-7-15)14-4-8-16(9-5-14)20(21)22/h2-9,12H,10-11H2,1H3,(H3,21,22). The molecule has 6 heteroatoms. The lowest BCUT2D eigenvalue weighted by Gasteiger charge is -2.04. The Kier molecular flexibility index (Phi) is 5.12. The second-order valence-corrected chi connectivity index (χ2v) is 5.76. The molecule has 2 aromatic carbocycles. The zero-order valence-electron chi connectivity index (χ0n) is 14.4. The van der Waals surface area contributed by atoms with E-state index in [2.05, 4.69) is 9.72 Å². The Bertz CT molecular complexity index is 912. The fraction of sp³-hybridized carbons (Fsp3) is 0.150. The number of nitrogens with one attached hydrogen (secondary N) is 1. The van der Waals surface area contributed by atoms with Gasteiger partial charge in [-0.1, -0.05) is 48.5 Å². The zero-order valence-corrected chi connectivity index (χ0v) is 14.4. The number of nitrogens with zero attached hydrogens (tertiary/aromatic N) is 1. The average molecular weight is 349 g/mol. The van der Waals surface area contributed by atoms with Gasteiger partial charge in [0.05, 0.1) is 19.7 Å². The highest BCUT2D eigenvalue weighted by Gasteiger charge is 2.09. The van der Waals surface area contributed by atoms with Gasteiger partial charge in [-0.3, -0.25) is 10.2 Å². The number of methoxy groups -OCH3 is 1. The maximum Gasteiger partial charge on any atom is 0.306 e. The topological polar surface area (TPSA) is 102 Å². The van der Waals surface area contributed by atoms with Crippen LogP contribution in [0.15, 0.2) is 59.1 Å². The van der Waals surface area contributed by atoms with Crippen molar-refractivity contribution in [1.29, 1.82) is 5.41 Å². The first kappa shape index (κ1) is 17.4. The number of hydrogen-bond donors (Lipinski definition) is 2. The SMILES string of the molecule is COC(=O)CCc1ncc(-c2ccc(-c3ccc(C(=N)N)cc3)cc2)o1. The summed E-state index contributed by atoms with van der Waals surface area (Å²) in [5.74, 6) is 0.933. The van der Waals surface area contributed by atoms with E-state index in [0.29, 0.717) is 23.6 Å². The van der Waals surface area contributed by atoms with Crippen LogP contribution in [-0.2, 0) is 16.0 Å². The Morgan fingerprint density at radius 2 is 1.65 bits per heavy atom. The van der Waals surface area contributed by atoms with Crippen LogP contribution in [0, 0.1) is 5.41 Å². The molecule has 3 aromatic rings. The van der Waals surface area contributed by atoms with Crippen molar-refractivity contribution >= 4 is 11.8 Å². The molecule has 0 atom stereocenters. The third-order valence-corrected chi connectivity index (χ3v) is 4.02. The molecule has 3 rings (SSSR count). The van der Waals surface area contributed by atoms with Crippen molar-refractivity contribution in [3.05, 3.63) is 66.2 Å². The predicted molar refractivity (Wildman–Crippen MR) is 98.7 cm³/mol. The molecule has 26 heavy (non-hydrogen) atoms. The third kappa shape index (κ3) is 3.97. The van der Waals surface area contributed by atoms with Crippen molar-refractivity contribution in [1.82, 2.24) is 4.98 Å². The molecule has 1 heterocycles. The van der Waals surface area contributed by atoms with E-state index in [9.17, 15) is 4.79 Å². The van der Waals surface area contributed by atoms with Crippen LogP contribution in [-0.4, -0.2) is 23.9 Å².